The molecule has 9 heteroatoms. The Bertz CT molecular complexity index is 1010. The van der Waals surface area contributed by atoms with Gasteiger partial charge in [-0.2, -0.15) is 13.2 Å². The maximum atomic E-state index is 12.9. The standard InChI is InChI=1S/C25H29ClF3N3O2/c1-31(24(33)30-20-6-4-5-19(13-20)25(27,28)29)15-17-11-22(12-17)34-21-8-7-18(23(26)14-21)16-32-9-2-3-10-32/h4-8,13-14,17,22H,2-3,9-12,15-16H2,1H3,(H,30,33). The first-order chi connectivity index (χ1) is 16.2. The van der Waals surface area contributed by atoms with E-state index in [1.165, 1.54) is 29.9 Å². The average Bonchev–Trinajstić information content (AvgIpc) is 3.26. The number of anilines is 1. The second-order valence-electron chi connectivity index (χ2n) is 9.20. The Morgan fingerprint density at radius 3 is 2.59 bits per heavy atom. The van der Waals surface area contributed by atoms with Crippen molar-refractivity contribution in [2.75, 3.05) is 32.0 Å². The molecule has 0 radical (unpaired) electrons. The Morgan fingerprint density at radius 2 is 1.91 bits per heavy atom. The summed E-state index contributed by atoms with van der Waals surface area (Å²) in [6.45, 7) is 3.59. The van der Waals surface area contributed by atoms with Gasteiger partial charge in [0.05, 0.1) is 11.7 Å². The summed E-state index contributed by atoms with van der Waals surface area (Å²) >= 11 is 6.47. The van der Waals surface area contributed by atoms with Crippen LogP contribution in [-0.2, 0) is 12.7 Å². The van der Waals surface area contributed by atoms with Crippen LogP contribution in [0, 0.1) is 5.92 Å². The second kappa shape index (κ2) is 10.4. The van der Waals surface area contributed by atoms with Crippen LogP contribution in [0.4, 0.5) is 23.7 Å². The zero-order valence-electron chi connectivity index (χ0n) is 19.1. The van der Waals surface area contributed by atoms with Crippen LogP contribution in [0.5, 0.6) is 5.75 Å². The molecule has 0 atom stereocenters. The molecule has 0 bridgehead atoms. The predicted octanol–water partition coefficient (Wildman–Crippen LogP) is 6.28. The van der Waals surface area contributed by atoms with Crippen LogP contribution >= 0.6 is 11.6 Å². The number of benzene rings is 2. The molecule has 2 aromatic rings. The first kappa shape index (κ1) is 24.7. The summed E-state index contributed by atoms with van der Waals surface area (Å²) < 4.78 is 44.6. The monoisotopic (exact) mass is 495 g/mol. The third kappa shape index (κ3) is 6.36. The molecule has 2 aliphatic rings. The highest BCUT2D eigenvalue weighted by Gasteiger charge is 2.33. The Hall–Kier alpha value is -2.45. The van der Waals surface area contributed by atoms with Crippen molar-refractivity contribution in [2.24, 2.45) is 5.92 Å². The number of halogens is 4. The van der Waals surface area contributed by atoms with E-state index in [2.05, 4.69) is 10.2 Å². The zero-order chi connectivity index (χ0) is 24.3. The van der Waals surface area contributed by atoms with Gasteiger partial charge in [-0.25, -0.2) is 4.79 Å². The molecule has 2 amide bonds. The van der Waals surface area contributed by atoms with E-state index >= 15 is 0 Å². The van der Waals surface area contributed by atoms with Crippen LogP contribution in [0.25, 0.3) is 0 Å². The number of carbonyl (C=O) groups excluding carboxylic acids is 1. The molecule has 1 heterocycles. The summed E-state index contributed by atoms with van der Waals surface area (Å²) in [4.78, 5) is 16.3. The van der Waals surface area contributed by atoms with Gasteiger partial charge >= 0.3 is 12.2 Å². The maximum Gasteiger partial charge on any atom is 0.416 e. The highest BCUT2D eigenvalue weighted by molar-refractivity contribution is 6.31. The van der Waals surface area contributed by atoms with Crippen LogP contribution in [0.2, 0.25) is 5.02 Å². The summed E-state index contributed by atoms with van der Waals surface area (Å²) in [5.74, 6) is 1.02. The summed E-state index contributed by atoms with van der Waals surface area (Å²) in [5.41, 5.74) is 0.429. The van der Waals surface area contributed by atoms with Crippen molar-refractivity contribution in [2.45, 2.75) is 44.5 Å². The van der Waals surface area contributed by atoms with Gasteiger partial charge in [-0.1, -0.05) is 23.7 Å². The van der Waals surface area contributed by atoms with Crippen molar-refractivity contribution in [1.82, 2.24) is 9.80 Å². The fourth-order valence-electron chi connectivity index (χ4n) is 4.49. The van der Waals surface area contributed by atoms with Gasteiger partial charge in [0.1, 0.15) is 5.75 Å². The van der Waals surface area contributed by atoms with E-state index in [4.69, 9.17) is 16.3 Å². The van der Waals surface area contributed by atoms with Crippen molar-refractivity contribution in [1.29, 1.82) is 0 Å². The number of alkyl halides is 3. The minimum Gasteiger partial charge on any atom is -0.490 e. The van der Waals surface area contributed by atoms with E-state index in [9.17, 15) is 18.0 Å². The third-order valence-electron chi connectivity index (χ3n) is 6.43. The Labute approximate surface area is 202 Å². The number of ether oxygens (including phenoxy) is 1. The lowest BCUT2D eigenvalue weighted by Gasteiger charge is -2.37. The lowest BCUT2D eigenvalue weighted by molar-refractivity contribution is -0.137. The molecular formula is C25H29ClF3N3O2. The number of amides is 2. The number of carbonyl (C=O) groups is 1. The lowest BCUT2D eigenvalue weighted by atomic mass is 9.82. The van der Waals surface area contributed by atoms with E-state index in [1.54, 1.807) is 7.05 Å². The SMILES string of the molecule is CN(CC1CC(Oc2ccc(CN3CCCC3)c(Cl)c2)C1)C(=O)Nc1cccc(C(F)(F)F)c1. The molecule has 1 N–H and O–H groups in total. The van der Waals surface area contributed by atoms with Gasteiger partial charge in [-0.05, 0) is 80.6 Å². The number of nitrogens with zero attached hydrogens (tertiary/aromatic N) is 2. The molecule has 0 unspecified atom stereocenters. The Balaban J connectivity index is 1.21. The van der Waals surface area contributed by atoms with E-state index < -0.39 is 17.8 Å². The number of hydrogen-bond acceptors (Lipinski definition) is 3. The van der Waals surface area contributed by atoms with Crippen LogP contribution in [0.3, 0.4) is 0 Å². The molecule has 0 spiro atoms. The molecule has 1 saturated heterocycles. The molecule has 4 rings (SSSR count). The number of urea groups is 1. The first-order valence-corrected chi connectivity index (χ1v) is 11.9. The number of rotatable bonds is 7. The minimum atomic E-state index is -4.45. The smallest absolute Gasteiger partial charge is 0.416 e. The minimum absolute atomic E-state index is 0.0606. The predicted molar refractivity (Wildman–Crippen MR) is 126 cm³/mol. The van der Waals surface area contributed by atoms with Crippen LogP contribution in [-0.4, -0.2) is 48.6 Å². The van der Waals surface area contributed by atoms with Crippen molar-refractivity contribution in [3.63, 3.8) is 0 Å². The van der Waals surface area contributed by atoms with Gasteiger partial charge in [0.2, 0.25) is 0 Å². The van der Waals surface area contributed by atoms with Crippen molar-refractivity contribution < 1.29 is 22.7 Å². The normalized spacial score (nSPS) is 20.6. The summed E-state index contributed by atoms with van der Waals surface area (Å²) in [6, 6.07) is 10.0. The maximum absolute atomic E-state index is 12.9. The van der Waals surface area contributed by atoms with Crippen molar-refractivity contribution in [3.05, 3.63) is 58.6 Å². The topological polar surface area (TPSA) is 44.8 Å². The fourth-order valence-corrected chi connectivity index (χ4v) is 4.72. The number of nitrogens with one attached hydrogen (secondary N) is 1. The van der Waals surface area contributed by atoms with Gasteiger partial charge in [0, 0.05) is 30.8 Å². The molecule has 0 aromatic heterocycles. The zero-order valence-corrected chi connectivity index (χ0v) is 19.8. The second-order valence-corrected chi connectivity index (χ2v) is 9.61. The molecule has 1 saturated carbocycles. The van der Waals surface area contributed by atoms with Gasteiger partial charge in [0.25, 0.3) is 0 Å². The molecule has 1 aliphatic carbocycles. The van der Waals surface area contributed by atoms with E-state index in [0.29, 0.717) is 11.6 Å². The Morgan fingerprint density at radius 1 is 1.18 bits per heavy atom. The van der Waals surface area contributed by atoms with Gasteiger partial charge < -0.3 is 15.0 Å². The third-order valence-corrected chi connectivity index (χ3v) is 6.78. The summed E-state index contributed by atoms with van der Waals surface area (Å²) in [5, 5.41) is 3.25. The van der Waals surface area contributed by atoms with Crippen LogP contribution in [0.15, 0.2) is 42.5 Å². The van der Waals surface area contributed by atoms with Crippen LogP contribution < -0.4 is 10.1 Å². The lowest BCUT2D eigenvalue weighted by Crippen LogP contribution is -2.43. The van der Waals surface area contributed by atoms with Crippen molar-refractivity contribution in [3.8, 4) is 5.75 Å². The van der Waals surface area contributed by atoms with E-state index in [0.717, 1.165) is 55.9 Å². The molecular weight excluding hydrogens is 467 g/mol. The molecule has 184 valence electrons. The molecule has 2 fully saturated rings. The number of likely N-dealkylation sites (tertiary alicyclic amines) is 1. The molecule has 2 aromatic carbocycles. The van der Waals surface area contributed by atoms with Gasteiger partial charge in [0.15, 0.2) is 0 Å². The van der Waals surface area contributed by atoms with E-state index in [1.807, 2.05) is 18.2 Å². The first-order valence-electron chi connectivity index (χ1n) is 11.5. The average molecular weight is 496 g/mol. The Kier molecular flexibility index (Phi) is 7.57. The highest BCUT2D eigenvalue weighted by atomic mass is 35.5. The molecule has 1 aliphatic heterocycles. The van der Waals surface area contributed by atoms with Gasteiger partial charge in [-0.3, -0.25) is 4.90 Å². The largest absolute Gasteiger partial charge is 0.490 e. The summed E-state index contributed by atoms with van der Waals surface area (Å²) in [6.07, 6.45) is -0.312. The molecule has 34 heavy (non-hydrogen) atoms. The summed E-state index contributed by atoms with van der Waals surface area (Å²) in [7, 11) is 1.63. The molecule has 5 nitrogen and oxygen atoms in total. The quantitative estimate of drug-likeness (QED) is 0.492. The van der Waals surface area contributed by atoms with Crippen molar-refractivity contribution >= 4 is 23.3 Å². The number of hydrogen-bond donors (Lipinski definition) is 1. The highest BCUT2D eigenvalue weighted by Crippen LogP contribution is 2.34. The van der Waals surface area contributed by atoms with Gasteiger partial charge in [-0.15, -0.1) is 0 Å². The fraction of sp³-hybridized carbons (Fsp3) is 0.480. The van der Waals surface area contributed by atoms with E-state index in [-0.39, 0.29) is 17.7 Å². The van der Waals surface area contributed by atoms with Crippen LogP contribution in [0.1, 0.15) is 36.8 Å².